The second kappa shape index (κ2) is 16.0. The third-order valence-electron chi connectivity index (χ3n) is 0.340. The van der Waals surface area contributed by atoms with Gasteiger partial charge in [-0.25, -0.2) is 0 Å². The zero-order valence-corrected chi connectivity index (χ0v) is 7.84. The van der Waals surface area contributed by atoms with Crippen LogP contribution >= 0.6 is 49.6 Å². The third-order valence-corrected chi connectivity index (χ3v) is 0.340. The van der Waals surface area contributed by atoms with Crippen molar-refractivity contribution < 1.29 is 0 Å². The molecule has 0 aliphatic heterocycles. The summed E-state index contributed by atoms with van der Waals surface area (Å²) in [7, 11) is 0. The maximum atomic E-state index is 3.36. The predicted octanol–water partition coefficient (Wildman–Crippen LogP) is 0.954. The minimum absolute atomic E-state index is 0. The van der Waals surface area contributed by atoms with Crippen LogP contribution in [0.15, 0.2) is 12.7 Å². The number of halogens is 4. The third kappa shape index (κ3) is 11.0. The van der Waals surface area contributed by atoms with Crippen molar-refractivity contribution in [3.05, 3.63) is 12.7 Å². The van der Waals surface area contributed by atoms with Gasteiger partial charge in [-0.05, 0) is 0 Å². The molecule has 0 aliphatic rings. The van der Waals surface area contributed by atoms with Gasteiger partial charge in [-0.3, -0.25) is 0 Å². The fourth-order valence-electron chi connectivity index (χ4n) is 0.165. The highest BCUT2D eigenvalue weighted by Crippen LogP contribution is 1.50. The van der Waals surface area contributed by atoms with E-state index >= 15 is 0 Å². The molecule has 0 amide bonds. The van der Waals surface area contributed by atoms with Gasteiger partial charge < -0.3 is 0 Å². The van der Waals surface area contributed by atoms with E-state index in [1.165, 1.54) is 12.7 Å². The number of aromatic nitrogens is 4. The monoisotopic (exact) mass is 226 g/mol. The van der Waals surface area contributed by atoms with Crippen LogP contribution in [0.3, 0.4) is 0 Å². The van der Waals surface area contributed by atoms with Crippen LogP contribution in [0.2, 0.25) is 0 Å². The van der Waals surface area contributed by atoms with Crippen LogP contribution in [-0.2, 0) is 0 Å². The highest BCUT2D eigenvalue weighted by Gasteiger charge is 1.61. The second-order valence-electron chi connectivity index (χ2n) is 0.693. The summed E-state index contributed by atoms with van der Waals surface area (Å²) in [5.41, 5.74) is 0. The maximum absolute atomic E-state index is 3.36. The molecule has 0 saturated heterocycles. The summed E-state index contributed by atoms with van der Waals surface area (Å²) in [5, 5.41) is 13.4. The Morgan fingerprint density at radius 1 is 0.500 bits per heavy atom. The van der Waals surface area contributed by atoms with Gasteiger partial charge in [-0.1, -0.05) is 0 Å². The van der Waals surface area contributed by atoms with E-state index in [0.717, 1.165) is 0 Å². The molecular formula is C2H6Cl4N4. The highest BCUT2D eigenvalue weighted by molar-refractivity contribution is 5.86. The molecular weight excluding hydrogens is 222 g/mol. The van der Waals surface area contributed by atoms with E-state index in [1.807, 2.05) is 0 Å². The van der Waals surface area contributed by atoms with E-state index in [4.69, 9.17) is 0 Å². The zero-order valence-electron chi connectivity index (χ0n) is 4.58. The molecule has 0 unspecified atom stereocenters. The second-order valence-corrected chi connectivity index (χ2v) is 0.693. The molecule has 0 N–H and O–H groups in total. The SMILES string of the molecule is Cl.Cl.Cl.Cl.c1nncnn1. The van der Waals surface area contributed by atoms with E-state index < -0.39 is 0 Å². The topological polar surface area (TPSA) is 51.6 Å². The first kappa shape index (κ1) is 22.5. The smallest absolute Gasteiger partial charge is 0.147 e. The van der Waals surface area contributed by atoms with E-state index in [1.54, 1.807) is 0 Å². The van der Waals surface area contributed by atoms with Crippen molar-refractivity contribution in [2.24, 2.45) is 0 Å². The summed E-state index contributed by atoms with van der Waals surface area (Å²) >= 11 is 0. The van der Waals surface area contributed by atoms with E-state index in [2.05, 4.69) is 20.4 Å². The van der Waals surface area contributed by atoms with Crippen LogP contribution in [0.1, 0.15) is 0 Å². The summed E-state index contributed by atoms with van der Waals surface area (Å²) in [6.45, 7) is 0. The van der Waals surface area contributed by atoms with Crippen LogP contribution in [0.4, 0.5) is 0 Å². The van der Waals surface area contributed by atoms with Gasteiger partial charge in [0.1, 0.15) is 0 Å². The summed E-state index contributed by atoms with van der Waals surface area (Å²) in [6.07, 6.45) is 2.56. The Balaban J connectivity index is -0.0000000450. The lowest BCUT2D eigenvalue weighted by Crippen LogP contribution is -1.81. The van der Waals surface area contributed by atoms with Crippen molar-refractivity contribution in [2.75, 3.05) is 0 Å². The molecule has 1 heterocycles. The van der Waals surface area contributed by atoms with Gasteiger partial charge in [-0.2, -0.15) is 0 Å². The fraction of sp³-hybridized carbons (Fsp3) is 0. The summed E-state index contributed by atoms with van der Waals surface area (Å²) in [4.78, 5) is 0. The molecule has 62 valence electrons. The molecule has 0 bridgehead atoms. The first-order valence-electron chi connectivity index (χ1n) is 1.43. The van der Waals surface area contributed by atoms with Gasteiger partial charge in [0.25, 0.3) is 0 Å². The van der Waals surface area contributed by atoms with E-state index in [0.29, 0.717) is 0 Å². The zero-order chi connectivity index (χ0) is 4.24. The first-order chi connectivity index (χ1) is 3.00. The molecule has 1 aromatic rings. The largest absolute Gasteiger partial charge is 0.160 e. The summed E-state index contributed by atoms with van der Waals surface area (Å²) in [6, 6.07) is 0. The Hall–Kier alpha value is 0.1000. The van der Waals surface area contributed by atoms with Crippen molar-refractivity contribution in [2.45, 2.75) is 0 Å². The van der Waals surface area contributed by atoms with Gasteiger partial charge in [0.2, 0.25) is 0 Å². The summed E-state index contributed by atoms with van der Waals surface area (Å²) in [5.74, 6) is 0. The van der Waals surface area contributed by atoms with Gasteiger partial charge in [0.05, 0.1) is 0 Å². The van der Waals surface area contributed by atoms with Crippen molar-refractivity contribution in [3.8, 4) is 0 Å². The predicted molar refractivity (Wildman–Crippen MR) is 46.6 cm³/mol. The van der Waals surface area contributed by atoms with Gasteiger partial charge in [0.15, 0.2) is 12.7 Å². The van der Waals surface area contributed by atoms with Crippen LogP contribution in [0.5, 0.6) is 0 Å². The minimum Gasteiger partial charge on any atom is -0.147 e. The molecule has 0 radical (unpaired) electrons. The Morgan fingerprint density at radius 2 is 0.700 bits per heavy atom. The Morgan fingerprint density at radius 3 is 0.800 bits per heavy atom. The van der Waals surface area contributed by atoms with Crippen LogP contribution in [0, 0.1) is 0 Å². The Labute approximate surface area is 82.9 Å². The number of hydrogen-bond donors (Lipinski definition) is 0. The Kier molecular flexibility index (Phi) is 36.1. The minimum atomic E-state index is 0. The van der Waals surface area contributed by atoms with Crippen molar-refractivity contribution in [1.82, 2.24) is 20.4 Å². The molecule has 4 nitrogen and oxygen atoms in total. The van der Waals surface area contributed by atoms with Crippen molar-refractivity contribution >= 4 is 49.6 Å². The first-order valence-corrected chi connectivity index (χ1v) is 1.43. The van der Waals surface area contributed by atoms with Gasteiger partial charge in [0, 0.05) is 0 Å². The maximum Gasteiger partial charge on any atom is 0.160 e. The van der Waals surface area contributed by atoms with Crippen LogP contribution < -0.4 is 0 Å². The lowest BCUT2D eigenvalue weighted by atomic mass is 11.3. The number of nitrogens with zero attached hydrogens (tertiary/aromatic N) is 4. The van der Waals surface area contributed by atoms with Crippen LogP contribution in [-0.4, -0.2) is 20.4 Å². The molecule has 0 aromatic carbocycles. The van der Waals surface area contributed by atoms with E-state index in [9.17, 15) is 0 Å². The highest BCUT2D eigenvalue weighted by atomic mass is 35.5. The molecule has 1 aromatic heterocycles. The number of rotatable bonds is 0. The fourth-order valence-corrected chi connectivity index (χ4v) is 0.165. The van der Waals surface area contributed by atoms with Crippen LogP contribution in [0.25, 0.3) is 0 Å². The average Bonchev–Trinajstić information content (AvgIpc) is 1.72. The quantitative estimate of drug-likeness (QED) is 0.663. The lowest BCUT2D eigenvalue weighted by Gasteiger charge is -1.68. The lowest BCUT2D eigenvalue weighted by molar-refractivity contribution is 0.853. The van der Waals surface area contributed by atoms with Crippen molar-refractivity contribution in [3.63, 3.8) is 0 Å². The average molecular weight is 228 g/mol. The van der Waals surface area contributed by atoms with E-state index in [-0.39, 0.29) is 49.6 Å². The Bertz CT molecular complexity index is 87.2. The molecule has 1 rings (SSSR count). The molecule has 0 aliphatic carbocycles. The molecule has 0 saturated carbocycles. The van der Waals surface area contributed by atoms with Crippen molar-refractivity contribution in [1.29, 1.82) is 0 Å². The molecule has 0 atom stereocenters. The molecule has 0 fully saturated rings. The normalized spacial score (nSPS) is 4.80. The molecule has 10 heavy (non-hydrogen) atoms. The standard InChI is InChI=1S/C2H2N4.4ClH/c1-3-5-2-6-4-1;;;;/h1-2H;4*1H. The molecule has 0 spiro atoms. The number of hydrogen-bond acceptors (Lipinski definition) is 4. The van der Waals surface area contributed by atoms with Gasteiger partial charge >= 0.3 is 0 Å². The summed E-state index contributed by atoms with van der Waals surface area (Å²) < 4.78 is 0. The molecule has 8 heteroatoms. The van der Waals surface area contributed by atoms with Gasteiger partial charge in [-0.15, -0.1) is 70.0 Å².